The Labute approximate surface area is 173 Å². The third-order valence-electron chi connectivity index (χ3n) is 4.21. The van der Waals surface area contributed by atoms with E-state index in [0.717, 1.165) is 16.3 Å². The molecule has 3 aromatic carbocycles. The second-order valence-electron chi connectivity index (χ2n) is 6.13. The lowest BCUT2D eigenvalue weighted by Gasteiger charge is -2.11. The first-order chi connectivity index (χ1) is 14.1. The molecule has 0 saturated carbocycles. The number of carbonyl (C=O) groups excluding carboxylic acids is 2. The van der Waals surface area contributed by atoms with Crippen molar-refractivity contribution in [3.05, 3.63) is 71.2 Å². The fraction of sp³-hybridized carbons (Fsp3) is 0.182. The highest BCUT2D eigenvalue weighted by Crippen LogP contribution is 2.31. The van der Waals surface area contributed by atoms with Crippen molar-refractivity contribution in [1.29, 1.82) is 0 Å². The Hall–Kier alpha value is -3.25. The molecule has 0 aliphatic carbocycles. The normalized spacial score (nSPS) is 10.4. The number of rotatable bonds is 8. The van der Waals surface area contributed by atoms with Gasteiger partial charge in [0.15, 0.2) is 13.2 Å². The Morgan fingerprint density at radius 3 is 2.41 bits per heavy atom. The number of halogens is 1. The van der Waals surface area contributed by atoms with Crippen molar-refractivity contribution in [1.82, 2.24) is 5.32 Å². The second kappa shape index (κ2) is 9.80. The SMILES string of the molecule is COc1ccccc1CNC(=O)COC(=O)COc1ccc(Cl)c2ccccc12. The number of nitrogens with one attached hydrogen (secondary N) is 1. The van der Waals surface area contributed by atoms with Crippen molar-refractivity contribution in [2.75, 3.05) is 20.3 Å². The van der Waals surface area contributed by atoms with Crippen LogP contribution in [0.15, 0.2) is 60.7 Å². The Balaban J connectivity index is 1.47. The minimum atomic E-state index is -0.642. The van der Waals surface area contributed by atoms with E-state index in [-0.39, 0.29) is 13.2 Å². The topological polar surface area (TPSA) is 73.9 Å². The number of fused-ring (bicyclic) bond motifs is 1. The Bertz CT molecular complexity index is 1020. The van der Waals surface area contributed by atoms with Crippen molar-refractivity contribution in [2.24, 2.45) is 0 Å². The Morgan fingerprint density at radius 1 is 0.897 bits per heavy atom. The molecule has 0 saturated heterocycles. The summed E-state index contributed by atoms with van der Waals surface area (Å²) in [5.74, 6) is 0.133. The van der Waals surface area contributed by atoms with Crippen LogP contribution in [-0.4, -0.2) is 32.2 Å². The van der Waals surface area contributed by atoms with E-state index in [4.69, 9.17) is 25.8 Å². The van der Waals surface area contributed by atoms with E-state index in [0.29, 0.717) is 16.5 Å². The molecule has 0 aromatic heterocycles. The number of hydrogen-bond donors (Lipinski definition) is 1. The average Bonchev–Trinajstić information content (AvgIpc) is 2.76. The average molecular weight is 414 g/mol. The van der Waals surface area contributed by atoms with Crippen LogP contribution in [-0.2, 0) is 20.9 Å². The lowest BCUT2D eigenvalue weighted by atomic mass is 10.1. The first-order valence-corrected chi connectivity index (χ1v) is 9.30. The molecule has 0 aliphatic rings. The van der Waals surface area contributed by atoms with Gasteiger partial charge in [-0.05, 0) is 18.2 Å². The number of amides is 1. The van der Waals surface area contributed by atoms with E-state index in [2.05, 4.69) is 5.32 Å². The van der Waals surface area contributed by atoms with E-state index >= 15 is 0 Å². The van der Waals surface area contributed by atoms with Gasteiger partial charge in [0.2, 0.25) is 0 Å². The molecule has 0 heterocycles. The number of para-hydroxylation sites is 1. The molecule has 3 aromatic rings. The predicted octanol–water partition coefficient (Wildman–Crippen LogP) is 3.74. The van der Waals surface area contributed by atoms with Gasteiger partial charge in [0, 0.05) is 27.9 Å². The summed E-state index contributed by atoms with van der Waals surface area (Å²) in [6, 6.07) is 18.2. The smallest absolute Gasteiger partial charge is 0.344 e. The molecule has 0 fully saturated rings. The zero-order valence-electron chi connectivity index (χ0n) is 15.8. The highest BCUT2D eigenvalue weighted by molar-refractivity contribution is 6.35. The van der Waals surface area contributed by atoms with Gasteiger partial charge in [-0.25, -0.2) is 4.79 Å². The summed E-state index contributed by atoms with van der Waals surface area (Å²) in [6.07, 6.45) is 0. The lowest BCUT2D eigenvalue weighted by Crippen LogP contribution is -2.29. The first kappa shape index (κ1) is 20.5. The van der Waals surface area contributed by atoms with Gasteiger partial charge in [-0.2, -0.15) is 0 Å². The molecule has 3 rings (SSSR count). The summed E-state index contributed by atoms with van der Waals surface area (Å²) in [7, 11) is 1.56. The molecule has 6 nitrogen and oxygen atoms in total. The molecule has 7 heteroatoms. The molecule has 1 N–H and O–H groups in total. The minimum absolute atomic E-state index is 0.271. The third-order valence-corrected chi connectivity index (χ3v) is 4.54. The number of methoxy groups -OCH3 is 1. The summed E-state index contributed by atoms with van der Waals surface area (Å²) >= 11 is 6.17. The maximum Gasteiger partial charge on any atom is 0.344 e. The number of hydrogen-bond acceptors (Lipinski definition) is 5. The van der Waals surface area contributed by atoms with Crippen LogP contribution in [0.25, 0.3) is 10.8 Å². The molecule has 0 spiro atoms. The van der Waals surface area contributed by atoms with E-state index in [1.54, 1.807) is 25.3 Å². The predicted molar refractivity (Wildman–Crippen MR) is 110 cm³/mol. The van der Waals surface area contributed by atoms with Crippen molar-refractivity contribution in [3.63, 3.8) is 0 Å². The van der Waals surface area contributed by atoms with Gasteiger partial charge in [-0.3, -0.25) is 4.79 Å². The van der Waals surface area contributed by atoms with Crippen molar-refractivity contribution in [2.45, 2.75) is 6.54 Å². The zero-order chi connectivity index (χ0) is 20.6. The number of ether oxygens (including phenoxy) is 3. The minimum Gasteiger partial charge on any atom is -0.496 e. The van der Waals surface area contributed by atoms with Gasteiger partial charge in [0.1, 0.15) is 11.5 Å². The monoisotopic (exact) mass is 413 g/mol. The maximum absolute atomic E-state index is 11.9. The van der Waals surface area contributed by atoms with Gasteiger partial charge in [-0.1, -0.05) is 54.1 Å². The molecule has 0 unspecified atom stereocenters. The van der Waals surface area contributed by atoms with Gasteiger partial charge in [0.05, 0.1) is 7.11 Å². The second-order valence-corrected chi connectivity index (χ2v) is 6.54. The van der Waals surface area contributed by atoms with Crippen LogP contribution in [0.3, 0.4) is 0 Å². The third kappa shape index (κ3) is 5.39. The van der Waals surface area contributed by atoms with Crippen LogP contribution >= 0.6 is 11.6 Å². The fourth-order valence-electron chi connectivity index (χ4n) is 2.78. The quantitative estimate of drug-likeness (QED) is 0.569. The van der Waals surface area contributed by atoms with Crippen LogP contribution in [0.2, 0.25) is 5.02 Å². The summed E-state index contributed by atoms with van der Waals surface area (Å²) < 4.78 is 15.7. The molecular weight excluding hydrogens is 394 g/mol. The van der Waals surface area contributed by atoms with Crippen LogP contribution < -0.4 is 14.8 Å². The molecule has 0 atom stereocenters. The van der Waals surface area contributed by atoms with E-state index < -0.39 is 18.5 Å². The molecule has 0 bridgehead atoms. The van der Waals surface area contributed by atoms with Crippen molar-refractivity contribution in [3.8, 4) is 11.5 Å². The van der Waals surface area contributed by atoms with Crippen LogP contribution in [0, 0.1) is 0 Å². The van der Waals surface area contributed by atoms with Gasteiger partial charge in [-0.15, -0.1) is 0 Å². The zero-order valence-corrected chi connectivity index (χ0v) is 16.6. The van der Waals surface area contributed by atoms with E-state index in [9.17, 15) is 9.59 Å². The molecule has 0 radical (unpaired) electrons. The van der Waals surface area contributed by atoms with Crippen LogP contribution in [0.4, 0.5) is 0 Å². The number of carbonyl (C=O) groups is 2. The molecular formula is C22H20ClNO5. The highest BCUT2D eigenvalue weighted by Gasteiger charge is 2.11. The summed E-state index contributed by atoms with van der Waals surface area (Å²) in [5, 5.41) is 4.90. The van der Waals surface area contributed by atoms with E-state index in [1.165, 1.54) is 0 Å². The van der Waals surface area contributed by atoms with Gasteiger partial charge >= 0.3 is 5.97 Å². The molecule has 29 heavy (non-hydrogen) atoms. The van der Waals surface area contributed by atoms with Gasteiger partial charge in [0.25, 0.3) is 5.91 Å². The summed E-state index contributed by atoms with van der Waals surface area (Å²) in [5.41, 5.74) is 0.827. The molecule has 1 amide bonds. The van der Waals surface area contributed by atoms with E-state index in [1.807, 2.05) is 42.5 Å². The Kier molecular flexibility index (Phi) is 6.92. The van der Waals surface area contributed by atoms with Crippen LogP contribution in [0.1, 0.15) is 5.56 Å². The lowest BCUT2D eigenvalue weighted by molar-refractivity contribution is -0.150. The number of benzene rings is 3. The van der Waals surface area contributed by atoms with Gasteiger partial charge < -0.3 is 19.5 Å². The maximum atomic E-state index is 11.9. The van der Waals surface area contributed by atoms with Crippen molar-refractivity contribution >= 4 is 34.2 Å². The highest BCUT2D eigenvalue weighted by atomic mass is 35.5. The fourth-order valence-corrected chi connectivity index (χ4v) is 3.01. The summed E-state index contributed by atoms with van der Waals surface area (Å²) in [6.45, 7) is -0.433. The first-order valence-electron chi connectivity index (χ1n) is 8.92. The van der Waals surface area contributed by atoms with Crippen LogP contribution in [0.5, 0.6) is 11.5 Å². The number of esters is 1. The molecule has 150 valence electrons. The van der Waals surface area contributed by atoms with Crippen molar-refractivity contribution < 1.29 is 23.8 Å². The Morgan fingerprint density at radius 2 is 1.62 bits per heavy atom. The molecule has 0 aliphatic heterocycles. The summed E-state index contributed by atoms with van der Waals surface area (Å²) in [4.78, 5) is 23.8. The standard InChI is InChI=1S/C22H20ClNO5/c1-27-19-9-5-2-6-15(19)12-24-21(25)13-29-22(26)14-28-20-11-10-18(23)16-7-3-4-8-17(16)20/h2-11H,12-14H2,1H3,(H,24,25). The largest absolute Gasteiger partial charge is 0.496 e.